The van der Waals surface area contributed by atoms with Crippen molar-refractivity contribution >= 4 is 43.6 Å². The highest BCUT2D eigenvalue weighted by Crippen LogP contribution is 2.32. The lowest BCUT2D eigenvalue weighted by Gasteiger charge is -2.12. The first kappa shape index (κ1) is 19.0. The molecule has 0 aliphatic heterocycles. The Morgan fingerprint density at radius 3 is 2.44 bits per heavy atom. The molecule has 0 fully saturated rings. The standard InChI is InChI=1S/C13H9BrF3N3O4S/c14-9-6-8(25(23,24)20-12(21)22)1-2-10(9)19-11-5-7(3-4-18-11)13(15,16)17/h1-6,20H,(H,18,19)(H,21,22). The number of hydrogen-bond acceptors (Lipinski definition) is 5. The Hall–Kier alpha value is -2.34. The Morgan fingerprint density at radius 1 is 1.20 bits per heavy atom. The van der Waals surface area contributed by atoms with Crippen LogP contribution in [0, 0.1) is 0 Å². The molecule has 1 heterocycles. The van der Waals surface area contributed by atoms with Crippen molar-refractivity contribution in [3.8, 4) is 0 Å². The highest BCUT2D eigenvalue weighted by atomic mass is 79.9. The minimum Gasteiger partial charge on any atom is -0.464 e. The number of halogens is 4. The van der Waals surface area contributed by atoms with Crippen LogP contribution in [-0.2, 0) is 16.2 Å². The van der Waals surface area contributed by atoms with Gasteiger partial charge >= 0.3 is 12.3 Å². The van der Waals surface area contributed by atoms with Gasteiger partial charge in [0.1, 0.15) is 5.82 Å². The average molecular weight is 440 g/mol. The zero-order valence-corrected chi connectivity index (χ0v) is 14.4. The highest BCUT2D eigenvalue weighted by molar-refractivity contribution is 9.10. The minimum absolute atomic E-state index is 0.102. The number of benzene rings is 1. The summed E-state index contributed by atoms with van der Waals surface area (Å²) in [6, 6.07) is 5.05. The third-order valence-electron chi connectivity index (χ3n) is 2.82. The van der Waals surface area contributed by atoms with E-state index in [0.29, 0.717) is 0 Å². The van der Waals surface area contributed by atoms with Crippen LogP contribution in [0.15, 0.2) is 45.9 Å². The van der Waals surface area contributed by atoms with E-state index in [1.54, 1.807) is 0 Å². The fourth-order valence-corrected chi connectivity index (χ4v) is 3.25. The van der Waals surface area contributed by atoms with E-state index < -0.39 is 27.9 Å². The molecule has 134 valence electrons. The van der Waals surface area contributed by atoms with Crippen LogP contribution in [0.4, 0.5) is 29.5 Å². The molecule has 1 aromatic carbocycles. The second-order valence-corrected chi connectivity index (χ2v) is 7.14. The zero-order valence-electron chi connectivity index (χ0n) is 12.0. The van der Waals surface area contributed by atoms with Crippen molar-refractivity contribution < 1.29 is 31.5 Å². The molecular weight excluding hydrogens is 431 g/mol. The van der Waals surface area contributed by atoms with Gasteiger partial charge in [-0.05, 0) is 46.3 Å². The van der Waals surface area contributed by atoms with Crippen LogP contribution >= 0.6 is 15.9 Å². The number of amides is 1. The normalized spacial score (nSPS) is 11.8. The number of nitrogens with zero attached hydrogens (tertiary/aromatic N) is 1. The zero-order chi connectivity index (χ0) is 18.8. The fourth-order valence-electron chi connectivity index (χ4n) is 1.75. The summed E-state index contributed by atoms with van der Waals surface area (Å²) in [7, 11) is -4.27. The lowest BCUT2D eigenvalue weighted by molar-refractivity contribution is -0.137. The van der Waals surface area contributed by atoms with E-state index in [0.717, 1.165) is 30.5 Å². The van der Waals surface area contributed by atoms with Crippen molar-refractivity contribution in [3.05, 3.63) is 46.6 Å². The number of pyridine rings is 1. The highest BCUT2D eigenvalue weighted by Gasteiger charge is 2.30. The molecule has 7 nitrogen and oxygen atoms in total. The molecule has 2 aromatic rings. The first-order valence-electron chi connectivity index (χ1n) is 6.34. The molecule has 0 aliphatic rings. The van der Waals surface area contributed by atoms with Crippen molar-refractivity contribution in [2.75, 3.05) is 5.32 Å². The summed E-state index contributed by atoms with van der Waals surface area (Å²) in [6.07, 6.45) is -5.29. The van der Waals surface area contributed by atoms with E-state index in [2.05, 4.69) is 26.2 Å². The quantitative estimate of drug-likeness (QED) is 0.671. The van der Waals surface area contributed by atoms with E-state index in [-0.39, 0.29) is 20.9 Å². The second-order valence-electron chi connectivity index (χ2n) is 4.60. The van der Waals surface area contributed by atoms with E-state index >= 15 is 0 Å². The largest absolute Gasteiger partial charge is 0.464 e. The van der Waals surface area contributed by atoms with Crippen molar-refractivity contribution in [3.63, 3.8) is 0 Å². The Bertz CT molecular complexity index is 919. The van der Waals surface area contributed by atoms with Gasteiger partial charge in [-0.25, -0.2) is 22.9 Å². The molecule has 2 rings (SSSR count). The lowest BCUT2D eigenvalue weighted by atomic mass is 10.2. The number of alkyl halides is 3. The maximum Gasteiger partial charge on any atom is 0.418 e. The molecule has 0 radical (unpaired) electrons. The Labute approximate surface area is 148 Å². The minimum atomic E-state index is -4.53. The number of carbonyl (C=O) groups is 1. The molecule has 0 atom stereocenters. The van der Waals surface area contributed by atoms with E-state index in [1.165, 1.54) is 10.8 Å². The van der Waals surface area contributed by atoms with Crippen molar-refractivity contribution in [1.29, 1.82) is 0 Å². The summed E-state index contributed by atoms with van der Waals surface area (Å²) >= 11 is 3.07. The van der Waals surface area contributed by atoms with Crippen LogP contribution in [0.25, 0.3) is 0 Å². The number of anilines is 2. The summed E-state index contributed by atoms with van der Waals surface area (Å²) in [4.78, 5) is 13.9. The van der Waals surface area contributed by atoms with Crippen LogP contribution in [0.3, 0.4) is 0 Å². The third kappa shape index (κ3) is 4.82. The van der Waals surface area contributed by atoms with Gasteiger partial charge in [0, 0.05) is 10.7 Å². The van der Waals surface area contributed by atoms with Crippen LogP contribution in [0.1, 0.15) is 5.56 Å². The molecule has 0 saturated heterocycles. The van der Waals surface area contributed by atoms with Gasteiger partial charge in [0.2, 0.25) is 0 Å². The van der Waals surface area contributed by atoms with Crippen LogP contribution in [0.5, 0.6) is 0 Å². The number of carboxylic acid groups (broad SMARTS) is 1. The van der Waals surface area contributed by atoms with Crippen molar-refractivity contribution in [1.82, 2.24) is 9.71 Å². The summed E-state index contributed by atoms with van der Waals surface area (Å²) in [5.41, 5.74) is -0.660. The molecule has 0 bridgehead atoms. The van der Waals surface area contributed by atoms with Gasteiger partial charge in [0.15, 0.2) is 0 Å². The topological polar surface area (TPSA) is 108 Å². The molecule has 1 amide bonds. The summed E-state index contributed by atoms with van der Waals surface area (Å²) in [6.45, 7) is 0. The number of rotatable bonds is 4. The predicted molar refractivity (Wildman–Crippen MR) is 85.0 cm³/mol. The second kappa shape index (κ2) is 6.88. The Balaban J connectivity index is 2.30. The van der Waals surface area contributed by atoms with Gasteiger partial charge in [0.25, 0.3) is 10.0 Å². The van der Waals surface area contributed by atoms with E-state index in [1.807, 2.05) is 0 Å². The van der Waals surface area contributed by atoms with Gasteiger partial charge in [-0.1, -0.05) is 0 Å². The summed E-state index contributed by atoms with van der Waals surface area (Å²) < 4.78 is 63.1. The molecule has 1 aromatic heterocycles. The predicted octanol–water partition coefficient (Wildman–Crippen LogP) is 3.56. The molecule has 25 heavy (non-hydrogen) atoms. The van der Waals surface area contributed by atoms with Gasteiger partial charge < -0.3 is 10.4 Å². The Morgan fingerprint density at radius 2 is 1.88 bits per heavy atom. The lowest BCUT2D eigenvalue weighted by Crippen LogP contribution is -2.28. The van der Waals surface area contributed by atoms with Crippen LogP contribution in [0.2, 0.25) is 0 Å². The smallest absolute Gasteiger partial charge is 0.418 e. The van der Waals surface area contributed by atoms with E-state index in [4.69, 9.17) is 5.11 Å². The van der Waals surface area contributed by atoms with E-state index in [9.17, 15) is 26.4 Å². The maximum absolute atomic E-state index is 12.7. The molecule has 0 saturated carbocycles. The average Bonchev–Trinajstić information content (AvgIpc) is 2.47. The van der Waals surface area contributed by atoms with Gasteiger partial charge in [-0.2, -0.15) is 13.2 Å². The number of hydrogen-bond donors (Lipinski definition) is 3. The third-order valence-corrected chi connectivity index (χ3v) is 4.80. The van der Waals surface area contributed by atoms with Crippen molar-refractivity contribution in [2.45, 2.75) is 11.1 Å². The molecule has 12 heteroatoms. The maximum atomic E-state index is 12.7. The molecular formula is C13H9BrF3N3O4S. The van der Waals surface area contributed by atoms with Gasteiger partial charge in [-0.15, -0.1) is 0 Å². The summed E-state index contributed by atoms with van der Waals surface area (Å²) in [5.74, 6) is -0.102. The first-order valence-corrected chi connectivity index (χ1v) is 8.62. The number of aromatic nitrogens is 1. The molecule has 0 aliphatic carbocycles. The number of nitrogens with one attached hydrogen (secondary N) is 2. The van der Waals surface area contributed by atoms with Crippen molar-refractivity contribution in [2.24, 2.45) is 0 Å². The van der Waals surface area contributed by atoms with Gasteiger partial charge in [-0.3, -0.25) is 0 Å². The summed E-state index contributed by atoms with van der Waals surface area (Å²) in [5, 5.41) is 11.1. The Kier molecular flexibility index (Phi) is 5.23. The first-order chi connectivity index (χ1) is 11.5. The number of sulfonamides is 1. The molecule has 3 N–H and O–H groups in total. The van der Waals surface area contributed by atoms with Crippen LogP contribution < -0.4 is 10.0 Å². The molecule has 0 spiro atoms. The van der Waals surface area contributed by atoms with Gasteiger partial charge in [0.05, 0.1) is 16.1 Å². The SMILES string of the molecule is O=C(O)NS(=O)(=O)c1ccc(Nc2cc(C(F)(F)F)ccn2)c(Br)c1. The van der Waals surface area contributed by atoms with Crippen LogP contribution in [-0.4, -0.2) is 24.6 Å². The monoisotopic (exact) mass is 439 g/mol. The molecule has 0 unspecified atom stereocenters. The fraction of sp³-hybridized carbons (Fsp3) is 0.0769.